The van der Waals surface area contributed by atoms with Gasteiger partial charge in [0.15, 0.2) is 11.5 Å². The van der Waals surface area contributed by atoms with Crippen molar-refractivity contribution in [1.82, 2.24) is 9.97 Å². The third-order valence-electron chi connectivity index (χ3n) is 3.12. The number of hydrogen-bond acceptors (Lipinski definition) is 5. The van der Waals surface area contributed by atoms with Crippen molar-refractivity contribution in [2.24, 2.45) is 0 Å². The van der Waals surface area contributed by atoms with Gasteiger partial charge in [-0.2, -0.15) is 0 Å². The van der Waals surface area contributed by atoms with Crippen LogP contribution in [0.4, 0.5) is 5.95 Å². The van der Waals surface area contributed by atoms with Gasteiger partial charge in [-0.05, 0) is 37.6 Å². The van der Waals surface area contributed by atoms with E-state index in [2.05, 4.69) is 15.3 Å². The monoisotopic (exact) mass is 271 g/mol. The maximum absolute atomic E-state index is 5.62. The summed E-state index contributed by atoms with van der Waals surface area (Å²) in [5.41, 5.74) is 2.95. The molecule has 0 atom stereocenters. The number of aryl methyl sites for hydroxylation is 1. The normalized spacial score (nSPS) is 13.1. The van der Waals surface area contributed by atoms with Crippen LogP contribution in [0.3, 0.4) is 0 Å². The standard InChI is InChI=1S/C15H17N3O2/c1-3-16-15-17-9-10(2)14(18-15)11-4-5-12-13(8-11)20-7-6-19-12/h4-5,8-9H,3,6-7H2,1-2H3,(H,16,17,18). The maximum atomic E-state index is 5.62. The molecule has 1 N–H and O–H groups in total. The highest BCUT2D eigenvalue weighted by Crippen LogP contribution is 2.34. The summed E-state index contributed by atoms with van der Waals surface area (Å²) in [6.45, 7) is 6.00. The second-order valence-corrected chi connectivity index (χ2v) is 4.61. The molecule has 1 aromatic heterocycles. The Morgan fingerprint density at radius 1 is 1.20 bits per heavy atom. The Labute approximate surface area is 118 Å². The molecule has 2 heterocycles. The number of aromatic nitrogens is 2. The number of anilines is 1. The van der Waals surface area contributed by atoms with E-state index in [0.29, 0.717) is 19.2 Å². The Morgan fingerprint density at radius 2 is 2.00 bits per heavy atom. The molecule has 0 radical (unpaired) electrons. The Hall–Kier alpha value is -2.30. The first-order valence-electron chi connectivity index (χ1n) is 6.75. The van der Waals surface area contributed by atoms with Crippen molar-refractivity contribution in [3.05, 3.63) is 30.0 Å². The lowest BCUT2D eigenvalue weighted by Gasteiger charge is -2.19. The highest BCUT2D eigenvalue weighted by Gasteiger charge is 2.14. The zero-order chi connectivity index (χ0) is 13.9. The molecular weight excluding hydrogens is 254 g/mol. The molecule has 0 saturated carbocycles. The number of rotatable bonds is 3. The van der Waals surface area contributed by atoms with Gasteiger partial charge in [0, 0.05) is 18.3 Å². The predicted molar refractivity (Wildman–Crippen MR) is 77.4 cm³/mol. The fourth-order valence-electron chi connectivity index (χ4n) is 2.17. The van der Waals surface area contributed by atoms with Crippen molar-refractivity contribution < 1.29 is 9.47 Å². The molecule has 1 aromatic carbocycles. The van der Waals surface area contributed by atoms with Crippen molar-refractivity contribution in [3.8, 4) is 22.8 Å². The molecule has 0 bridgehead atoms. The topological polar surface area (TPSA) is 56.3 Å². The van der Waals surface area contributed by atoms with Crippen LogP contribution in [0.15, 0.2) is 24.4 Å². The van der Waals surface area contributed by atoms with Crippen LogP contribution in [0, 0.1) is 6.92 Å². The largest absolute Gasteiger partial charge is 0.486 e. The van der Waals surface area contributed by atoms with Crippen LogP contribution < -0.4 is 14.8 Å². The number of nitrogens with zero attached hydrogens (tertiary/aromatic N) is 2. The van der Waals surface area contributed by atoms with Crippen LogP contribution in [0.2, 0.25) is 0 Å². The number of fused-ring (bicyclic) bond motifs is 1. The fourth-order valence-corrected chi connectivity index (χ4v) is 2.17. The molecule has 2 aromatic rings. The van der Waals surface area contributed by atoms with Crippen molar-refractivity contribution in [3.63, 3.8) is 0 Å². The maximum Gasteiger partial charge on any atom is 0.223 e. The molecule has 0 spiro atoms. The smallest absolute Gasteiger partial charge is 0.223 e. The second-order valence-electron chi connectivity index (χ2n) is 4.61. The molecule has 0 saturated heterocycles. The van der Waals surface area contributed by atoms with E-state index in [1.54, 1.807) is 0 Å². The van der Waals surface area contributed by atoms with Crippen LogP contribution in [-0.2, 0) is 0 Å². The van der Waals surface area contributed by atoms with Gasteiger partial charge >= 0.3 is 0 Å². The van der Waals surface area contributed by atoms with E-state index in [-0.39, 0.29) is 0 Å². The lowest BCUT2D eigenvalue weighted by atomic mass is 10.1. The Bertz CT molecular complexity index is 629. The summed E-state index contributed by atoms with van der Waals surface area (Å²) in [6.07, 6.45) is 1.83. The van der Waals surface area contributed by atoms with E-state index in [9.17, 15) is 0 Å². The average molecular weight is 271 g/mol. The molecule has 0 fully saturated rings. The third-order valence-corrected chi connectivity index (χ3v) is 3.12. The van der Waals surface area contributed by atoms with Crippen molar-refractivity contribution in [2.45, 2.75) is 13.8 Å². The van der Waals surface area contributed by atoms with E-state index >= 15 is 0 Å². The van der Waals surface area contributed by atoms with Crippen molar-refractivity contribution in [1.29, 1.82) is 0 Å². The Kier molecular flexibility index (Phi) is 3.41. The number of nitrogens with one attached hydrogen (secondary N) is 1. The molecule has 104 valence electrons. The first-order valence-corrected chi connectivity index (χ1v) is 6.75. The summed E-state index contributed by atoms with van der Waals surface area (Å²) in [7, 11) is 0. The molecular formula is C15H17N3O2. The van der Waals surface area contributed by atoms with Crippen LogP contribution in [0.25, 0.3) is 11.3 Å². The van der Waals surface area contributed by atoms with E-state index in [1.165, 1.54) is 0 Å². The van der Waals surface area contributed by atoms with Crippen LogP contribution in [0.5, 0.6) is 11.5 Å². The Balaban J connectivity index is 2.01. The number of benzene rings is 1. The van der Waals surface area contributed by atoms with E-state index < -0.39 is 0 Å². The minimum atomic E-state index is 0.585. The fraction of sp³-hybridized carbons (Fsp3) is 0.333. The van der Waals surface area contributed by atoms with Gasteiger partial charge in [-0.15, -0.1) is 0 Å². The SMILES string of the molecule is CCNc1ncc(C)c(-c2ccc3c(c2)OCCO3)n1. The summed E-state index contributed by atoms with van der Waals surface area (Å²) in [6, 6.07) is 5.90. The second kappa shape index (κ2) is 5.36. The quantitative estimate of drug-likeness (QED) is 0.930. The van der Waals surface area contributed by atoms with Crippen LogP contribution in [-0.4, -0.2) is 29.7 Å². The zero-order valence-corrected chi connectivity index (χ0v) is 11.6. The minimum Gasteiger partial charge on any atom is -0.486 e. The van der Waals surface area contributed by atoms with Gasteiger partial charge in [0.1, 0.15) is 13.2 Å². The lowest BCUT2D eigenvalue weighted by Crippen LogP contribution is -2.15. The summed E-state index contributed by atoms with van der Waals surface area (Å²) in [4.78, 5) is 8.83. The van der Waals surface area contributed by atoms with E-state index in [4.69, 9.17) is 9.47 Å². The lowest BCUT2D eigenvalue weighted by molar-refractivity contribution is 0.171. The van der Waals surface area contributed by atoms with Crippen molar-refractivity contribution >= 4 is 5.95 Å². The molecule has 0 amide bonds. The molecule has 0 unspecified atom stereocenters. The van der Waals surface area contributed by atoms with E-state index in [1.807, 2.05) is 38.2 Å². The predicted octanol–water partition coefficient (Wildman–Crippen LogP) is 2.66. The average Bonchev–Trinajstić information content (AvgIpc) is 2.49. The summed E-state index contributed by atoms with van der Waals surface area (Å²) in [5.74, 6) is 2.21. The molecule has 1 aliphatic heterocycles. The van der Waals surface area contributed by atoms with Gasteiger partial charge in [0.25, 0.3) is 0 Å². The van der Waals surface area contributed by atoms with Gasteiger partial charge < -0.3 is 14.8 Å². The Morgan fingerprint density at radius 3 is 2.80 bits per heavy atom. The molecule has 5 nitrogen and oxygen atoms in total. The summed E-state index contributed by atoms with van der Waals surface area (Å²) in [5, 5.41) is 3.13. The molecule has 0 aliphatic carbocycles. The highest BCUT2D eigenvalue weighted by molar-refractivity contribution is 5.67. The third kappa shape index (κ3) is 2.39. The van der Waals surface area contributed by atoms with Gasteiger partial charge in [-0.3, -0.25) is 0 Å². The zero-order valence-electron chi connectivity index (χ0n) is 11.6. The molecule has 5 heteroatoms. The summed E-state index contributed by atoms with van der Waals surface area (Å²) < 4.78 is 11.2. The van der Waals surface area contributed by atoms with Gasteiger partial charge in [-0.25, -0.2) is 9.97 Å². The van der Waals surface area contributed by atoms with Crippen LogP contribution >= 0.6 is 0 Å². The van der Waals surface area contributed by atoms with E-state index in [0.717, 1.165) is 34.9 Å². The van der Waals surface area contributed by atoms with Gasteiger partial charge in [0.05, 0.1) is 5.69 Å². The molecule has 1 aliphatic rings. The van der Waals surface area contributed by atoms with Gasteiger partial charge in [0.2, 0.25) is 5.95 Å². The highest BCUT2D eigenvalue weighted by atomic mass is 16.6. The van der Waals surface area contributed by atoms with Crippen molar-refractivity contribution in [2.75, 3.05) is 25.1 Å². The molecule has 3 rings (SSSR count). The summed E-state index contributed by atoms with van der Waals surface area (Å²) >= 11 is 0. The first kappa shape index (κ1) is 12.7. The number of ether oxygens (including phenoxy) is 2. The van der Waals surface area contributed by atoms with Gasteiger partial charge in [-0.1, -0.05) is 0 Å². The number of hydrogen-bond donors (Lipinski definition) is 1. The van der Waals surface area contributed by atoms with Crippen LogP contribution in [0.1, 0.15) is 12.5 Å². The first-order chi connectivity index (χ1) is 9.78. The minimum absolute atomic E-state index is 0.585. The molecule has 20 heavy (non-hydrogen) atoms.